The number of rotatable bonds is 7. The third kappa shape index (κ3) is 6.75. The maximum Gasteiger partial charge on any atom is 0.145 e. The molecule has 12 rings (SSSR count). The molecule has 2 atom stereocenters. The fourth-order valence-electron chi connectivity index (χ4n) is 9.10. The normalized spacial score (nSPS) is 15.7. The van der Waals surface area contributed by atoms with E-state index in [1.165, 1.54) is 27.4 Å². The van der Waals surface area contributed by atoms with E-state index in [2.05, 4.69) is 208 Å². The zero-order valence-corrected chi connectivity index (χ0v) is 34.2. The van der Waals surface area contributed by atoms with Crippen LogP contribution in [0.4, 0.5) is 5.69 Å². The van der Waals surface area contributed by atoms with Crippen molar-refractivity contribution in [3.05, 3.63) is 240 Å². The van der Waals surface area contributed by atoms with Gasteiger partial charge in [-0.2, -0.15) is 0 Å². The molecule has 2 aliphatic rings. The minimum atomic E-state index is -0.244. The molecule has 6 heteroatoms. The largest absolute Gasteiger partial charge is 0.374 e. The number of benzene rings is 7. The molecule has 2 N–H and O–H groups in total. The molecule has 63 heavy (non-hydrogen) atoms. The molecule has 2 unspecified atom stereocenters. The average Bonchev–Trinajstić information content (AvgIpc) is 3.70. The van der Waals surface area contributed by atoms with Gasteiger partial charge in [-0.25, -0.2) is 4.98 Å². The molecule has 0 aliphatic carbocycles. The van der Waals surface area contributed by atoms with E-state index < -0.39 is 0 Å². The number of hydrogen-bond acceptors (Lipinski definition) is 5. The van der Waals surface area contributed by atoms with Gasteiger partial charge in [-0.1, -0.05) is 152 Å². The topological polar surface area (TPSA) is 67.1 Å². The predicted molar refractivity (Wildman–Crippen MR) is 260 cm³/mol. The van der Waals surface area contributed by atoms with Crippen molar-refractivity contribution in [3.63, 3.8) is 0 Å². The molecule has 3 aromatic heterocycles. The Hall–Kier alpha value is -8.35. The number of para-hydroxylation sites is 2. The van der Waals surface area contributed by atoms with Crippen LogP contribution in [0.2, 0.25) is 0 Å². The van der Waals surface area contributed by atoms with E-state index in [0.29, 0.717) is 0 Å². The van der Waals surface area contributed by atoms with Gasteiger partial charge in [-0.05, 0) is 94.1 Å². The van der Waals surface area contributed by atoms with Gasteiger partial charge in [0.05, 0.1) is 39.7 Å². The van der Waals surface area contributed by atoms with Gasteiger partial charge in [0.1, 0.15) is 6.17 Å². The van der Waals surface area contributed by atoms with Gasteiger partial charge < -0.3 is 15.2 Å². The molecule has 298 valence electrons. The lowest BCUT2D eigenvalue weighted by Crippen LogP contribution is -2.24. The monoisotopic (exact) mass is 808 g/mol. The quantitative estimate of drug-likeness (QED) is 0.168. The van der Waals surface area contributed by atoms with E-state index in [1.807, 2.05) is 24.3 Å². The third-order valence-corrected chi connectivity index (χ3v) is 12.3. The van der Waals surface area contributed by atoms with Crippen LogP contribution in [0.3, 0.4) is 0 Å². The Kier molecular flexibility index (Phi) is 8.85. The van der Waals surface area contributed by atoms with Crippen molar-refractivity contribution in [3.8, 4) is 28.2 Å². The molecule has 5 heterocycles. The Balaban J connectivity index is 0.841. The Bertz CT molecular complexity index is 3400. The van der Waals surface area contributed by atoms with Crippen LogP contribution in [-0.4, -0.2) is 20.2 Å². The zero-order chi connectivity index (χ0) is 41.7. The highest BCUT2D eigenvalue weighted by Gasteiger charge is 2.21. The van der Waals surface area contributed by atoms with Gasteiger partial charge in [0.15, 0.2) is 0 Å². The predicted octanol–water partition coefficient (Wildman–Crippen LogP) is 13.4. The van der Waals surface area contributed by atoms with E-state index in [1.54, 1.807) is 6.20 Å². The average molecular weight is 809 g/mol. The first-order valence-corrected chi connectivity index (χ1v) is 21.4. The molecule has 2 aliphatic heterocycles. The molecule has 6 nitrogen and oxygen atoms in total. The highest BCUT2D eigenvalue weighted by atomic mass is 15.1. The summed E-state index contributed by atoms with van der Waals surface area (Å²) in [5.74, 6) is 0. The van der Waals surface area contributed by atoms with Gasteiger partial charge in [-0.15, -0.1) is 0 Å². The number of aromatic nitrogens is 3. The molecular weight excluding hydrogens is 769 g/mol. The molecule has 7 aromatic carbocycles. The van der Waals surface area contributed by atoms with Crippen molar-refractivity contribution in [2.24, 2.45) is 4.99 Å². The molecule has 0 saturated heterocycles. The standard InChI is InChI=1S/C57H40N6/c1-2-11-41(12-3-1)57-61-53(36-54(62-57)43-13-10-14-45(33-43)63-55-18-6-4-15-46(55)47-16-5-7-19-56(47)63)38-22-20-37(21-23-38)42-26-24-39-28-30-48(59-51(39)34-42)44-27-25-40-29-31-50(60-52(40)35-44)49-17-8-9-32-58-49/h1-36,48,57,59,61H. The first-order valence-electron chi connectivity index (χ1n) is 21.4. The van der Waals surface area contributed by atoms with Crippen molar-refractivity contribution < 1.29 is 0 Å². The second-order valence-electron chi connectivity index (χ2n) is 16.2. The van der Waals surface area contributed by atoms with Crippen molar-refractivity contribution in [2.45, 2.75) is 12.2 Å². The lowest BCUT2D eigenvalue weighted by Gasteiger charge is -2.25. The maximum absolute atomic E-state index is 5.31. The summed E-state index contributed by atoms with van der Waals surface area (Å²) in [6, 6.07) is 68.7. The van der Waals surface area contributed by atoms with Crippen LogP contribution >= 0.6 is 0 Å². The molecule has 0 amide bonds. The van der Waals surface area contributed by atoms with Crippen molar-refractivity contribution in [2.75, 3.05) is 5.32 Å². The number of aliphatic imine (C=N–C) groups is 1. The number of anilines is 1. The fourth-order valence-corrected chi connectivity index (χ4v) is 9.10. The summed E-state index contributed by atoms with van der Waals surface area (Å²) in [5.41, 5.74) is 17.1. The molecule has 0 spiro atoms. The lowest BCUT2D eigenvalue weighted by atomic mass is 9.95. The van der Waals surface area contributed by atoms with Crippen LogP contribution in [-0.2, 0) is 0 Å². The molecular formula is C57H40N6. The number of nitrogens with zero attached hydrogens (tertiary/aromatic N) is 4. The fraction of sp³-hybridized carbons (Fsp3) is 0.0351. The third-order valence-electron chi connectivity index (χ3n) is 12.3. The highest BCUT2D eigenvalue weighted by molar-refractivity contribution is 6.14. The molecule has 0 saturated carbocycles. The van der Waals surface area contributed by atoms with Crippen LogP contribution in [0.15, 0.2) is 217 Å². The highest BCUT2D eigenvalue weighted by Crippen LogP contribution is 2.37. The van der Waals surface area contributed by atoms with E-state index in [9.17, 15) is 0 Å². The van der Waals surface area contributed by atoms with Crippen LogP contribution in [0.5, 0.6) is 0 Å². The summed E-state index contributed by atoms with van der Waals surface area (Å²) in [6.07, 6.45) is 8.20. The van der Waals surface area contributed by atoms with Crippen molar-refractivity contribution in [1.82, 2.24) is 19.9 Å². The summed E-state index contributed by atoms with van der Waals surface area (Å²) in [6.45, 7) is 0. The van der Waals surface area contributed by atoms with Gasteiger partial charge in [0.25, 0.3) is 0 Å². The smallest absolute Gasteiger partial charge is 0.145 e. The number of hydrogen-bond donors (Lipinski definition) is 2. The van der Waals surface area contributed by atoms with Gasteiger partial charge in [0.2, 0.25) is 0 Å². The first-order chi connectivity index (χ1) is 31.2. The summed E-state index contributed by atoms with van der Waals surface area (Å²) in [7, 11) is 0. The summed E-state index contributed by atoms with van der Waals surface area (Å²) in [5, 5.41) is 11.2. The van der Waals surface area contributed by atoms with Crippen LogP contribution in [0.25, 0.3) is 72.7 Å². The molecule has 0 fully saturated rings. The van der Waals surface area contributed by atoms with Gasteiger partial charge in [0, 0.05) is 45.0 Å². The Morgan fingerprint density at radius 2 is 1.25 bits per heavy atom. The Morgan fingerprint density at radius 3 is 2.06 bits per heavy atom. The summed E-state index contributed by atoms with van der Waals surface area (Å²) < 4.78 is 2.36. The summed E-state index contributed by atoms with van der Waals surface area (Å²) in [4.78, 5) is 14.8. The van der Waals surface area contributed by atoms with Gasteiger partial charge >= 0.3 is 0 Å². The lowest BCUT2D eigenvalue weighted by molar-refractivity contribution is 0.664. The van der Waals surface area contributed by atoms with Crippen LogP contribution in [0, 0.1) is 0 Å². The SMILES string of the molecule is C1=CC(c2ccc3ccc(-c4ccccn4)nc3c2)Nc2cc(-c3ccc(C4=CC(c5cccc(-n6c7ccccc7c7ccccc76)c5)=NC(c5ccccc5)N4)cc3)ccc21. The van der Waals surface area contributed by atoms with E-state index in [0.717, 1.165) is 78.5 Å². The Labute approximate surface area is 365 Å². The van der Waals surface area contributed by atoms with Crippen molar-refractivity contribution in [1.29, 1.82) is 0 Å². The number of allylic oxidation sites excluding steroid dienone is 1. The molecule has 0 bridgehead atoms. The minimum absolute atomic E-state index is 0.0141. The number of fused-ring (bicyclic) bond motifs is 5. The van der Waals surface area contributed by atoms with E-state index >= 15 is 0 Å². The summed E-state index contributed by atoms with van der Waals surface area (Å²) >= 11 is 0. The first kappa shape index (κ1) is 36.5. The molecule has 10 aromatic rings. The second kappa shape index (κ2) is 15.3. The minimum Gasteiger partial charge on any atom is -0.374 e. The number of pyridine rings is 2. The number of nitrogens with one attached hydrogen (secondary N) is 2. The molecule has 0 radical (unpaired) electrons. The van der Waals surface area contributed by atoms with E-state index in [4.69, 9.17) is 9.98 Å². The van der Waals surface area contributed by atoms with Crippen LogP contribution < -0.4 is 10.6 Å². The van der Waals surface area contributed by atoms with Crippen LogP contribution in [0.1, 0.15) is 40.0 Å². The van der Waals surface area contributed by atoms with E-state index in [-0.39, 0.29) is 12.2 Å². The van der Waals surface area contributed by atoms with Crippen molar-refractivity contribution >= 4 is 55.9 Å². The second-order valence-corrected chi connectivity index (χ2v) is 16.2. The van der Waals surface area contributed by atoms with Gasteiger partial charge in [-0.3, -0.25) is 9.98 Å². The maximum atomic E-state index is 5.31. The Morgan fingerprint density at radius 1 is 0.508 bits per heavy atom. The zero-order valence-electron chi connectivity index (χ0n) is 34.2.